The normalized spacial score (nSPS) is 23.6. The Morgan fingerprint density at radius 2 is 2.13 bits per heavy atom. The third-order valence-corrected chi connectivity index (χ3v) is 4.97. The second-order valence-corrected chi connectivity index (χ2v) is 7.08. The summed E-state index contributed by atoms with van der Waals surface area (Å²) in [6, 6.07) is 4.95. The summed E-state index contributed by atoms with van der Waals surface area (Å²) in [5, 5.41) is 12.1. The van der Waals surface area contributed by atoms with E-state index in [2.05, 4.69) is 46.4 Å². The van der Waals surface area contributed by atoms with E-state index in [1.165, 1.54) is 25.0 Å². The van der Waals surface area contributed by atoms with Crippen LogP contribution in [0.5, 0.6) is 0 Å². The lowest BCUT2D eigenvalue weighted by molar-refractivity contribution is 0.213. The molecule has 2 fully saturated rings. The van der Waals surface area contributed by atoms with Crippen LogP contribution in [0.4, 0.5) is 0 Å². The van der Waals surface area contributed by atoms with Crippen LogP contribution in [0.1, 0.15) is 62.8 Å². The van der Waals surface area contributed by atoms with Gasteiger partial charge in [0.25, 0.3) is 0 Å². The van der Waals surface area contributed by atoms with E-state index in [1.807, 2.05) is 4.68 Å². The molecule has 23 heavy (non-hydrogen) atoms. The Bertz CT molecular complexity index is 659. The van der Waals surface area contributed by atoms with E-state index in [0.29, 0.717) is 12.0 Å². The predicted octanol–water partition coefficient (Wildman–Crippen LogP) is 2.96. The second-order valence-electron chi connectivity index (χ2n) is 7.08. The fraction of sp³-hybridized carbons (Fsp3) is 0.706. The average Bonchev–Trinajstić information content (AvgIpc) is 3.42. The van der Waals surface area contributed by atoms with Crippen LogP contribution >= 0.6 is 0 Å². The largest absolute Gasteiger partial charge is 0.464 e. The molecule has 0 saturated heterocycles. The van der Waals surface area contributed by atoms with Gasteiger partial charge in [-0.1, -0.05) is 13.8 Å². The van der Waals surface area contributed by atoms with E-state index >= 15 is 0 Å². The number of furan rings is 1. The third-order valence-electron chi connectivity index (χ3n) is 4.97. The SMILES string of the molecule is CCCn1nnnc1CN(Cc1ccc(C2CC2C)o1)C1CC1. The first-order valence-electron chi connectivity index (χ1n) is 8.82. The maximum Gasteiger partial charge on any atom is 0.165 e. The lowest BCUT2D eigenvalue weighted by atomic mass is 10.3. The molecular weight excluding hydrogens is 290 g/mol. The molecule has 2 aromatic rings. The first-order chi connectivity index (χ1) is 11.2. The van der Waals surface area contributed by atoms with Gasteiger partial charge in [0.15, 0.2) is 5.82 Å². The lowest BCUT2D eigenvalue weighted by Gasteiger charge is -2.20. The highest BCUT2D eigenvalue weighted by Crippen LogP contribution is 2.47. The molecule has 0 amide bonds. The Hall–Kier alpha value is -1.69. The van der Waals surface area contributed by atoms with Crippen LogP contribution in [0, 0.1) is 5.92 Å². The highest BCUT2D eigenvalue weighted by atomic mass is 16.3. The maximum atomic E-state index is 6.08. The van der Waals surface area contributed by atoms with Crippen LogP contribution in [-0.4, -0.2) is 31.1 Å². The lowest BCUT2D eigenvalue weighted by Crippen LogP contribution is -2.27. The van der Waals surface area contributed by atoms with Gasteiger partial charge < -0.3 is 4.42 Å². The maximum absolute atomic E-state index is 6.08. The molecule has 6 heteroatoms. The Balaban J connectivity index is 1.43. The summed E-state index contributed by atoms with van der Waals surface area (Å²) in [4.78, 5) is 2.46. The molecular formula is C17H25N5O. The van der Waals surface area contributed by atoms with Gasteiger partial charge in [0.2, 0.25) is 0 Å². The third kappa shape index (κ3) is 3.32. The number of rotatable bonds is 8. The molecule has 2 atom stereocenters. The zero-order chi connectivity index (χ0) is 15.8. The second kappa shape index (κ2) is 6.07. The van der Waals surface area contributed by atoms with Crippen molar-refractivity contribution in [3.63, 3.8) is 0 Å². The van der Waals surface area contributed by atoms with Crippen molar-refractivity contribution in [2.45, 2.75) is 71.1 Å². The standard InChI is InChI=1S/C17H25N5O/c1-3-8-22-17(18-19-20-22)11-21(13-4-5-13)10-14-6-7-16(23-14)15-9-12(15)2/h6-7,12-13,15H,3-5,8-11H2,1-2H3. The highest BCUT2D eigenvalue weighted by molar-refractivity contribution is 5.17. The summed E-state index contributed by atoms with van der Waals surface area (Å²) in [5.41, 5.74) is 0. The summed E-state index contributed by atoms with van der Waals surface area (Å²) in [6.45, 7) is 6.97. The van der Waals surface area contributed by atoms with Crippen molar-refractivity contribution in [1.82, 2.24) is 25.1 Å². The topological polar surface area (TPSA) is 60.0 Å². The summed E-state index contributed by atoms with van der Waals surface area (Å²) >= 11 is 0. The van der Waals surface area contributed by atoms with Gasteiger partial charge in [0, 0.05) is 18.5 Å². The van der Waals surface area contributed by atoms with Gasteiger partial charge in [-0.2, -0.15) is 0 Å². The minimum Gasteiger partial charge on any atom is -0.464 e. The minimum absolute atomic E-state index is 0.648. The van der Waals surface area contributed by atoms with Crippen molar-refractivity contribution < 1.29 is 4.42 Å². The zero-order valence-corrected chi connectivity index (χ0v) is 14.0. The quantitative estimate of drug-likeness (QED) is 0.749. The van der Waals surface area contributed by atoms with Gasteiger partial charge in [-0.25, -0.2) is 4.68 Å². The van der Waals surface area contributed by atoms with Crippen LogP contribution in [0.15, 0.2) is 16.5 Å². The van der Waals surface area contributed by atoms with Gasteiger partial charge in [-0.05, 0) is 54.2 Å². The van der Waals surface area contributed by atoms with Crippen molar-refractivity contribution in [1.29, 1.82) is 0 Å². The Labute approximate surface area is 136 Å². The van der Waals surface area contributed by atoms with Crippen LogP contribution in [-0.2, 0) is 19.6 Å². The molecule has 2 saturated carbocycles. The highest BCUT2D eigenvalue weighted by Gasteiger charge is 2.37. The first-order valence-corrected chi connectivity index (χ1v) is 8.82. The molecule has 0 aliphatic heterocycles. The molecule has 6 nitrogen and oxygen atoms in total. The monoisotopic (exact) mass is 315 g/mol. The van der Waals surface area contributed by atoms with Crippen LogP contribution < -0.4 is 0 Å². The molecule has 0 N–H and O–H groups in total. The molecule has 0 radical (unpaired) electrons. The van der Waals surface area contributed by atoms with Crippen LogP contribution in [0.3, 0.4) is 0 Å². The fourth-order valence-electron chi connectivity index (χ4n) is 3.25. The molecule has 2 aliphatic carbocycles. The van der Waals surface area contributed by atoms with Crippen molar-refractivity contribution in [3.8, 4) is 0 Å². The van der Waals surface area contributed by atoms with Crippen molar-refractivity contribution in [3.05, 3.63) is 29.5 Å². The molecule has 2 heterocycles. The average molecular weight is 315 g/mol. The molecule has 2 aromatic heterocycles. The summed E-state index contributed by atoms with van der Waals surface area (Å²) in [6.07, 6.45) is 4.85. The van der Waals surface area contributed by atoms with E-state index in [9.17, 15) is 0 Å². The number of hydrogen-bond acceptors (Lipinski definition) is 5. The van der Waals surface area contributed by atoms with Crippen molar-refractivity contribution in [2.75, 3.05) is 0 Å². The minimum atomic E-state index is 0.648. The smallest absolute Gasteiger partial charge is 0.165 e. The van der Waals surface area contributed by atoms with E-state index in [0.717, 1.165) is 43.6 Å². The summed E-state index contributed by atoms with van der Waals surface area (Å²) in [7, 11) is 0. The van der Waals surface area contributed by atoms with Gasteiger partial charge >= 0.3 is 0 Å². The Kier molecular flexibility index (Phi) is 3.93. The summed E-state index contributed by atoms with van der Waals surface area (Å²) < 4.78 is 8.01. The number of nitrogens with zero attached hydrogens (tertiary/aromatic N) is 5. The van der Waals surface area contributed by atoms with Gasteiger partial charge in [-0.3, -0.25) is 4.90 Å². The van der Waals surface area contributed by atoms with Gasteiger partial charge in [0.05, 0.1) is 13.1 Å². The van der Waals surface area contributed by atoms with E-state index < -0.39 is 0 Å². The zero-order valence-electron chi connectivity index (χ0n) is 14.0. The summed E-state index contributed by atoms with van der Waals surface area (Å²) in [5.74, 6) is 4.63. The number of aromatic nitrogens is 4. The molecule has 2 aliphatic rings. The number of hydrogen-bond donors (Lipinski definition) is 0. The number of tetrazole rings is 1. The van der Waals surface area contributed by atoms with Crippen LogP contribution in [0.2, 0.25) is 0 Å². The van der Waals surface area contributed by atoms with Gasteiger partial charge in [0.1, 0.15) is 11.5 Å². The van der Waals surface area contributed by atoms with E-state index in [1.54, 1.807) is 0 Å². The predicted molar refractivity (Wildman–Crippen MR) is 85.6 cm³/mol. The Morgan fingerprint density at radius 1 is 1.30 bits per heavy atom. The van der Waals surface area contributed by atoms with Gasteiger partial charge in [-0.15, -0.1) is 5.10 Å². The van der Waals surface area contributed by atoms with E-state index in [-0.39, 0.29) is 0 Å². The molecule has 0 bridgehead atoms. The Morgan fingerprint density at radius 3 is 2.83 bits per heavy atom. The molecule has 2 unspecified atom stereocenters. The van der Waals surface area contributed by atoms with Crippen molar-refractivity contribution >= 4 is 0 Å². The molecule has 0 spiro atoms. The molecule has 0 aromatic carbocycles. The number of aryl methyl sites for hydroxylation is 1. The first kappa shape index (κ1) is 14.9. The van der Waals surface area contributed by atoms with Crippen molar-refractivity contribution in [2.24, 2.45) is 5.92 Å². The van der Waals surface area contributed by atoms with Crippen LogP contribution in [0.25, 0.3) is 0 Å². The molecule has 124 valence electrons. The van der Waals surface area contributed by atoms with E-state index in [4.69, 9.17) is 4.42 Å². The fourth-order valence-corrected chi connectivity index (χ4v) is 3.25. The molecule has 4 rings (SSSR count).